The summed E-state index contributed by atoms with van der Waals surface area (Å²) in [5.74, 6) is 0.200. The zero-order chi connectivity index (χ0) is 9.14. The van der Waals surface area contributed by atoms with Crippen molar-refractivity contribution in [2.45, 2.75) is 13.3 Å². The van der Waals surface area contributed by atoms with E-state index < -0.39 is 0 Å². The molecule has 0 bridgehead atoms. The Hall–Kier alpha value is 0.1000. The molecule has 0 amide bonds. The van der Waals surface area contributed by atoms with E-state index in [0.717, 1.165) is 13.6 Å². The molecule has 1 rings (SSSR count). The molecule has 1 aromatic carbocycles. The summed E-state index contributed by atoms with van der Waals surface area (Å²) < 4.78 is 2.19. The van der Waals surface area contributed by atoms with Crippen molar-refractivity contribution in [3.63, 3.8) is 0 Å². The van der Waals surface area contributed by atoms with E-state index >= 15 is 0 Å². The minimum Gasteiger partial charge on any atom is -0.300 e. The van der Waals surface area contributed by atoms with Crippen LogP contribution in [0.1, 0.15) is 12.5 Å². The van der Waals surface area contributed by atoms with Crippen LogP contribution in [0.15, 0.2) is 22.7 Å². The summed E-state index contributed by atoms with van der Waals surface area (Å²) >= 11 is 5.66. The van der Waals surface area contributed by atoms with Gasteiger partial charge in [0, 0.05) is 14.5 Å². The van der Waals surface area contributed by atoms with E-state index in [1.807, 2.05) is 18.2 Å². The van der Waals surface area contributed by atoms with Crippen molar-refractivity contribution in [1.29, 1.82) is 0 Å². The molecule has 3 heteroatoms. The molecule has 0 N–H and O–H groups in total. The second-order valence-corrected chi connectivity index (χ2v) is 4.52. The molecule has 12 heavy (non-hydrogen) atoms. The summed E-state index contributed by atoms with van der Waals surface area (Å²) in [6.07, 6.45) is 0.526. The highest BCUT2D eigenvalue weighted by Gasteiger charge is 2.04. The van der Waals surface area contributed by atoms with Gasteiger partial charge in [0.2, 0.25) is 0 Å². The first-order valence-corrected chi connectivity index (χ1v) is 5.40. The fourth-order valence-corrected chi connectivity index (χ4v) is 1.91. The Labute approximate surface area is 93.8 Å². The third-order valence-electron chi connectivity index (χ3n) is 1.47. The zero-order valence-corrected chi connectivity index (χ0v) is 10.3. The van der Waals surface area contributed by atoms with Gasteiger partial charge in [0.15, 0.2) is 0 Å². The molecule has 0 aliphatic carbocycles. The second-order valence-electron chi connectivity index (χ2n) is 2.59. The average molecular weight is 339 g/mol. The molecule has 0 spiro atoms. The second kappa shape index (κ2) is 4.37. The molecule has 0 fully saturated rings. The van der Waals surface area contributed by atoms with Gasteiger partial charge < -0.3 is 0 Å². The number of hydrogen-bond donors (Lipinski definition) is 0. The number of halogens is 2. The topological polar surface area (TPSA) is 17.1 Å². The van der Waals surface area contributed by atoms with Gasteiger partial charge in [0.25, 0.3) is 0 Å². The van der Waals surface area contributed by atoms with E-state index in [-0.39, 0.29) is 5.78 Å². The lowest BCUT2D eigenvalue weighted by atomic mass is 10.1. The molecule has 0 saturated heterocycles. The Morgan fingerprint density at radius 2 is 2.25 bits per heavy atom. The van der Waals surface area contributed by atoms with Crippen molar-refractivity contribution >= 4 is 44.3 Å². The van der Waals surface area contributed by atoms with Crippen LogP contribution in [0.3, 0.4) is 0 Å². The lowest BCUT2D eigenvalue weighted by molar-refractivity contribution is -0.116. The van der Waals surface area contributed by atoms with E-state index in [9.17, 15) is 4.79 Å². The number of carbonyl (C=O) groups is 1. The van der Waals surface area contributed by atoms with Crippen LogP contribution in [-0.2, 0) is 11.2 Å². The Balaban J connectivity index is 3.00. The lowest BCUT2D eigenvalue weighted by Gasteiger charge is -2.02. The monoisotopic (exact) mass is 338 g/mol. The quantitative estimate of drug-likeness (QED) is 0.757. The van der Waals surface area contributed by atoms with Crippen molar-refractivity contribution < 1.29 is 4.79 Å². The zero-order valence-electron chi connectivity index (χ0n) is 6.60. The number of Topliss-reactive ketones (excluding diaryl/α,β-unsaturated/α-hetero) is 1. The fraction of sp³-hybridized carbons (Fsp3) is 0.222. The normalized spacial score (nSPS) is 9.92. The molecule has 0 heterocycles. The maximum absolute atomic E-state index is 10.9. The smallest absolute Gasteiger partial charge is 0.134 e. The Morgan fingerprint density at radius 1 is 1.58 bits per heavy atom. The van der Waals surface area contributed by atoms with Crippen LogP contribution in [0.2, 0.25) is 0 Å². The first kappa shape index (κ1) is 10.2. The van der Waals surface area contributed by atoms with Crippen molar-refractivity contribution in [3.8, 4) is 0 Å². The maximum atomic E-state index is 10.9. The van der Waals surface area contributed by atoms with E-state index in [0.29, 0.717) is 6.42 Å². The van der Waals surface area contributed by atoms with Gasteiger partial charge in [-0.15, -0.1) is 0 Å². The Bertz CT molecular complexity index is 309. The lowest BCUT2D eigenvalue weighted by Crippen LogP contribution is -1.98. The van der Waals surface area contributed by atoms with Crippen LogP contribution in [0.5, 0.6) is 0 Å². The van der Waals surface area contributed by atoms with Crippen LogP contribution >= 0.6 is 38.5 Å². The molecule has 64 valence electrons. The average Bonchev–Trinajstić information content (AvgIpc) is 1.98. The molecule has 0 aliphatic heterocycles. The Morgan fingerprint density at radius 3 is 2.83 bits per heavy atom. The van der Waals surface area contributed by atoms with E-state index in [1.54, 1.807) is 6.92 Å². The Kier molecular flexibility index (Phi) is 3.71. The van der Waals surface area contributed by atoms with E-state index in [1.165, 1.54) is 0 Å². The van der Waals surface area contributed by atoms with Gasteiger partial charge in [-0.05, 0) is 57.1 Å². The minimum absolute atomic E-state index is 0.200. The molecule has 0 unspecified atom stereocenters. The number of carbonyl (C=O) groups excluding carboxylic acids is 1. The van der Waals surface area contributed by atoms with Crippen molar-refractivity contribution in [2.75, 3.05) is 0 Å². The van der Waals surface area contributed by atoms with Crippen LogP contribution in [0.25, 0.3) is 0 Å². The maximum Gasteiger partial charge on any atom is 0.134 e. The SMILES string of the molecule is CC(=O)Cc1cccc(Br)c1I. The first-order valence-electron chi connectivity index (χ1n) is 3.53. The van der Waals surface area contributed by atoms with Gasteiger partial charge in [0.05, 0.1) is 0 Å². The number of rotatable bonds is 2. The van der Waals surface area contributed by atoms with Crippen molar-refractivity contribution in [1.82, 2.24) is 0 Å². The summed E-state index contributed by atoms with van der Waals surface area (Å²) in [5.41, 5.74) is 1.09. The molecule has 1 aromatic rings. The van der Waals surface area contributed by atoms with Crippen LogP contribution in [0, 0.1) is 3.57 Å². The third-order valence-corrected chi connectivity index (χ3v) is 4.15. The molecule has 0 aliphatic rings. The van der Waals surface area contributed by atoms with Gasteiger partial charge in [-0.1, -0.05) is 12.1 Å². The summed E-state index contributed by atoms with van der Waals surface area (Å²) in [6, 6.07) is 5.91. The largest absolute Gasteiger partial charge is 0.300 e. The number of ketones is 1. The molecular formula is C9H8BrIO. The highest BCUT2D eigenvalue weighted by atomic mass is 127. The summed E-state index contributed by atoms with van der Waals surface area (Å²) in [7, 11) is 0. The first-order chi connectivity index (χ1) is 5.61. The molecule has 0 saturated carbocycles. The highest BCUT2D eigenvalue weighted by Crippen LogP contribution is 2.22. The van der Waals surface area contributed by atoms with Crippen molar-refractivity contribution in [2.24, 2.45) is 0 Å². The third kappa shape index (κ3) is 2.55. The van der Waals surface area contributed by atoms with Gasteiger partial charge in [0.1, 0.15) is 5.78 Å². The van der Waals surface area contributed by atoms with Crippen LogP contribution < -0.4 is 0 Å². The predicted octanol–water partition coefficient (Wildman–Crippen LogP) is 3.19. The summed E-state index contributed by atoms with van der Waals surface area (Å²) in [6.45, 7) is 1.61. The van der Waals surface area contributed by atoms with Crippen LogP contribution in [-0.4, -0.2) is 5.78 Å². The minimum atomic E-state index is 0.200. The molecule has 0 radical (unpaired) electrons. The summed E-state index contributed by atoms with van der Waals surface area (Å²) in [4.78, 5) is 10.9. The van der Waals surface area contributed by atoms with Crippen molar-refractivity contribution in [3.05, 3.63) is 31.8 Å². The molecule has 1 nitrogen and oxygen atoms in total. The van der Waals surface area contributed by atoms with Gasteiger partial charge in [-0.3, -0.25) is 4.79 Å². The number of benzene rings is 1. The fourth-order valence-electron chi connectivity index (χ4n) is 0.953. The van der Waals surface area contributed by atoms with Crippen LogP contribution in [0.4, 0.5) is 0 Å². The van der Waals surface area contributed by atoms with Gasteiger partial charge in [-0.2, -0.15) is 0 Å². The van der Waals surface area contributed by atoms with E-state index in [4.69, 9.17) is 0 Å². The molecule has 0 atom stereocenters. The standard InChI is InChI=1S/C9H8BrIO/c1-6(12)5-7-3-2-4-8(10)9(7)11/h2-4H,5H2,1H3. The molecule has 0 aromatic heterocycles. The van der Waals surface area contributed by atoms with Gasteiger partial charge in [-0.25, -0.2) is 0 Å². The highest BCUT2D eigenvalue weighted by molar-refractivity contribution is 14.1. The number of hydrogen-bond acceptors (Lipinski definition) is 1. The van der Waals surface area contributed by atoms with Gasteiger partial charge >= 0.3 is 0 Å². The molecular weight excluding hydrogens is 331 g/mol. The predicted molar refractivity (Wildman–Crippen MR) is 61.2 cm³/mol. The van der Waals surface area contributed by atoms with E-state index in [2.05, 4.69) is 38.5 Å². The summed E-state index contributed by atoms with van der Waals surface area (Å²) in [5, 5.41) is 0.